The number of ether oxygens (including phenoxy) is 1. The predicted octanol–water partition coefficient (Wildman–Crippen LogP) is 1.84. The minimum absolute atomic E-state index is 0.00134. The van der Waals surface area contributed by atoms with Gasteiger partial charge in [-0.1, -0.05) is 6.07 Å². The van der Waals surface area contributed by atoms with Gasteiger partial charge in [-0.2, -0.15) is 0 Å². The Morgan fingerprint density at radius 1 is 1.31 bits per heavy atom. The molecule has 9 heteroatoms. The van der Waals surface area contributed by atoms with Crippen molar-refractivity contribution in [3.05, 3.63) is 21.8 Å². The molecule has 0 spiro atoms. The molecule has 4 nitrogen and oxygen atoms in total. The average Bonchev–Trinajstić information content (AvgIpc) is 2.04. The van der Waals surface area contributed by atoms with Gasteiger partial charge in [0.1, 0.15) is 4.90 Å². The Morgan fingerprint density at radius 3 is 2.31 bits per heavy atom. The highest BCUT2D eigenvalue weighted by Gasteiger charge is 2.34. The second-order valence-corrected chi connectivity index (χ2v) is 5.35. The lowest BCUT2D eigenvalue weighted by atomic mass is 10.3. The van der Waals surface area contributed by atoms with Gasteiger partial charge in [-0.15, -0.1) is 13.2 Å². The van der Waals surface area contributed by atoms with Crippen LogP contribution in [0.2, 0.25) is 0 Å². The number of alkyl halides is 3. The van der Waals surface area contributed by atoms with Crippen molar-refractivity contribution < 1.29 is 26.3 Å². The zero-order valence-electron chi connectivity index (χ0n) is 7.45. The smallest absolute Gasteiger partial charge is 0.403 e. The first kappa shape index (κ1) is 13.5. The van der Waals surface area contributed by atoms with Gasteiger partial charge in [0.2, 0.25) is 10.0 Å². The van der Waals surface area contributed by atoms with E-state index in [-0.39, 0.29) is 3.57 Å². The largest absolute Gasteiger partial charge is 0.573 e. The molecule has 0 aromatic heterocycles. The summed E-state index contributed by atoms with van der Waals surface area (Å²) in [6.07, 6.45) is -4.97. The van der Waals surface area contributed by atoms with Crippen LogP contribution in [-0.4, -0.2) is 14.8 Å². The lowest BCUT2D eigenvalue weighted by molar-refractivity contribution is -0.275. The summed E-state index contributed by atoms with van der Waals surface area (Å²) in [5, 5.41) is 4.77. The third-order valence-electron chi connectivity index (χ3n) is 1.46. The first-order valence-corrected chi connectivity index (χ1v) is 6.31. The molecule has 0 amide bonds. The molecule has 0 heterocycles. The van der Waals surface area contributed by atoms with E-state index in [1.807, 2.05) is 0 Å². The second kappa shape index (κ2) is 4.37. The number of halogens is 4. The number of para-hydroxylation sites is 1. The molecule has 1 aromatic carbocycles. The number of hydrogen-bond donors (Lipinski definition) is 1. The van der Waals surface area contributed by atoms with Crippen LogP contribution in [0.15, 0.2) is 23.1 Å². The summed E-state index contributed by atoms with van der Waals surface area (Å²) in [4.78, 5) is -0.697. The number of benzene rings is 1. The van der Waals surface area contributed by atoms with Crippen LogP contribution in [0.5, 0.6) is 5.75 Å². The molecule has 1 aromatic rings. The Hall–Kier alpha value is -0.550. The van der Waals surface area contributed by atoms with E-state index in [0.29, 0.717) is 0 Å². The van der Waals surface area contributed by atoms with E-state index < -0.39 is 27.0 Å². The van der Waals surface area contributed by atoms with E-state index >= 15 is 0 Å². The number of nitrogens with two attached hydrogens (primary N) is 1. The maximum absolute atomic E-state index is 12.0. The van der Waals surface area contributed by atoms with Gasteiger partial charge in [-0.05, 0) is 34.7 Å². The van der Waals surface area contributed by atoms with Crippen molar-refractivity contribution in [2.45, 2.75) is 11.3 Å². The van der Waals surface area contributed by atoms with Crippen LogP contribution in [0.25, 0.3) is 0 Å². The predicted molar refractivity (Wildman–Crippen MR) is 57.2 cm³/mol. The van der Waals surface area contributed by atoms with Gasteiger partial charge in [-0.3, -0.25) is 0 Å². The molecular formula is C7H5F3INO3S. The van der Waals surface area contributed by atoms with Gasteiger partial charge >= 0.3 is 6.36 Å². The zero-order valence-corrected chi connectivity index (χ0v) is 10.4. The average molecular weight is 367 g/mol. The van der Waals surface area contributed by atoms with Gasteiger partial charge in [0.05, 0.1) is 3.57 Å². The van der Waals surface area contributed by atoms with Crippen molar-refractivity contribution in [3.8, 4) is 5.75 Å². The molecule has 0 radical (unpaired) electrons. The maximum atomic E-state index is 12.0. The van der Waals surface area contributed by atoms with E-state index in [4.69, 9.17) is 5.14 Å². The van der Waals surface area contributed by atoms with Crippen LogP contribution in [0.1, 0.15) is 0 Å². The Kier molecular flexibility index (Phi) is 3.69. The third kappa shape index (κ3) is 3.49. The monoisotopic (exact) mass is 367 g/mol. The number of rotatable bonds is 2. The summed E-state index contributed by atoms with van der Waals surface area (Å²) in [6, 6.07) is 3.49. The van der Waals surface area contributed by atoms with Crippen LogP contribution in [0.4, 0.5) is 13.2 Å². The highest BCUT2D eigenvalue weighted by atomic mass is 127. The molecule has 0 fully saturated rings. The molecule has 2 N–H and O–H groups in total. The molecule has 90 valence electrons. The highest BCUT2D eigenvalue weighted by molar-refractivity contribution is 14.1. The Morgan fingerprint density at radius 2 is 1.88 bits per heavy atom. The van der Waals surface area contributed by atoms with Crippen molar-refractivity contribution >= 4 is 32.6 Å². The molecule has 0 aliphatic heterocycles. The molecule has 0 bridgehead atoms. The summed E-state index contributed by atoms with van der Waals surface area (Å²) < 4.78 is 61.7. The van der Waals surface area contributed by atoms with Gasteiger partial charge in [-0.25, -0.2) is 13.6 Å². The summed E-state index contributed by atoms with van der Waals surface area (Å²) in [5.74, 6) is -0.807. The Bertz CT molecular complexity index is 500. The van der Waals surface area contributed by atoms with Gasteiger partial charge in [0.15, 0.2) is 5.75 Å². The van der Waals surface area contributed by atoms with Gasteiger partial charge in [0, 0.05) is 0 Å². The van der Waals surface area contributed by atoms with Crippen LogP contribution in [0, 0.1) is 3.57 Å². The van der Waals surface area contributed by atoms with Crippen LogP contribution in [0.3, 0.4) is 0 Å². The van der Waals surface area contributed by atoms with Gasteiger partial charge in [0.25, 0.3) is 0 Å². The van der Waals surface area contributed by atoms with E-state index in [9.17, 15) is 21.6 Å². The molecule has 0 saturated carbocycles. The zero-order chi connectivity index (χ0) is 12.6. The number of hydrogen-bond acceptors (Lipinski definition) is 3. The summed E-state index contributed by atoms with van der Waals surface area (Å²) in [5.41, 5.74) is 0. The molecule has 0 unspecified atom stereocenters. The van der Waals surface area contributed by atoms with E-state index in [1.54, 1.807) is 0 Å². The van der Waals surface area contributed by atoms with Crippen molar-refractivity contribution in [1.82, 2.24) is 0 Å². The topological polar surface area (TPSA) is 69.4 Å². The quantitative estimate of drug-likeness (QED) is 0.812. The molecule has 0 aliphatic rings. The van der Waals surface area contributed by atoms with Gasteiger partial charge < -0.3 is 4.74 Å². The van der Waals surface area contributed by atoms with Crippen molar-refractivity contribution in [2.75, 3.05) is 0 Å². The summed E-state index contributed by atoms with van der Waals surface area (Å²) in [6.45, 7) is 0. The minimum Gasteiger partial charge on any atom is -0.403 e. The second-order valence-electron chi connectivity index (χ2n) is 2.66. The molecule has 16 heavy (non-hydrogen) atoms. The standard InChI is InChI=1S/C7H5F3INO3S/c8-7(9,10)15-6-4(11)2-1-3-5(6)16(12,13)14/h1-3H,(H2,12,13,14). The van der Waals surface area contributed by atoms with Crippen molar-refractivity contribution in [1.29, 1.82) is 0 Å². The third-order valence-corrected chi connectivity index (χ3v) is 3.24. The van der Waals surface area contributed by atoms with Crippen LogP contribution < -0.4 is 9.88 Å². The Balaban J connectivity index is 3.36. The lowest BCUT2D eigenvalue weighted by Crippen LogP contribution is -2.21. The fourth-order valence-electron chi connectivity index (χ4n) is 0.928. The SMILES string of the molecule is NS(=O)(=O)c1cccc(I)c1OC(F)(F)F. The number of sulfonamides is 1. The van der Waals surface area contributed by atoms with E-state index in [2.05, 4.69) is 4.74 Å². The van der Waals surface area contributed by atoms with E-state index in [1.165, 1.54) is 34.7 Å². The van der Waals surface area contributed by atoms with E-state index in [0.717, 1.165) is 6.07 Å². The van der Waals surface area contributed by atoms with Crippen LogP contribution >= 0.6 is 22.6 Å². The minimum atomic E-state index is -4.97. The normalized spacial score (nSPS) is 12.6. The Labute approximate surface area is 103 Å². The molecule has 0 saturated heterocycles. The first-order chi connectivity index (χ1) is 7.11. The summed E-state index contributed by atoms with van der Waals surface area (Å²) >= 11 is 1.52. The summed E-state index contributed by atoms with van der Waals surface area (Å²) in [7, 11) is -4.26. The lowest BCUT2D eigenvalue weighted by Gasteiger charge is -2.13. The van der Waals surface area contributed by atoms with Crippen LogP contribution in [-0.2, 0) is 10.0 Å². The fourth-order valence-corrected chi connectivity index (χ4v) is 2.40. The molecule has 1 rings (SSSR count). The highest BCUT2D eigenvalue weighted by Crippen LogP contribution is 2.33. The number of primary sulfonamides is 1. The molecule has 0 aliphatic carbocycles. The fraction of sp³-hybridized carbons (Fsp3) is 0.143. The van der Waals surface area contributed by atoms with Crippen molar-refractivity contribution in [2.24, 2.45) is 5.14 Å². The molecular weight excluding hydrogens is 362 g/mol. The maximum Gasteiger partial charge on any atom is 0.573 e. The first-order valence-electron chi connectivity index (χ1n) is 3.68. The van der Waals surface area contributed by atoms with Crippen molar-refractivity contribution in [3.63, 3.8) is 0 Å². The molecule has 0 atom stereocenters.